The number of ether oxygens (including phenoxy) is 2. The third-order valence-corrected chi connectivity index (χ3v) is 8.97. The number of hydrogen-bond acceptors (Lipinski definition) is 5. The summed E-state index contributed by atoms with van der Waals surface area (Å²) in [6.45, 7) is 1.55. The highest BCUT2D eigenvalue weighted by molar-refractivity contribution is 5.69. The molecular formula is C36H69NO4. The molecule has 2 unspecified atom stereocenters. The summed E-state index contributed by atoms with van der Waals surface area (Å²) in [6.07, 6.45) is 34.6. The Balaban J connectivity index is 1.67. The number of carbonyl (C=O) groups excluding carboxylic acids is 2. The second kappa shape index (κ2) is 27.7. The largest absolute Gasteiger partial charge is 0.469 e. The Morgan fingerprint density at radius 1 is 0.537 bits per heavy atom. The molecule has 1 aliphatic rings. The van der Waals surface area contributed by atoms with Gasteiger partial charge in [0.05, 0.1) is 13.7 Å². The van der Waals surface area contributed by atoms with Crippen LogP contribution < -0.4 is 0 Å². The van der Waals surface area contributed by atoms with E-state index in [9.17, 15) is 9.59 Å². The van der Waals surface area contributed by atoms with E-state index in [2.05, 4.69) is 4.90 Å². The summed E-state index contributed by atoms with van der Waals surface area (Å²) in [6, 6.07) is 0. The van der Waals surface area contributed by atoms with Crippen molar-refractivity contribution in [3.8, 4) is 0 Å². The first kappa shape index (κ1) is 37.9. The van der Waals surface area contributed by atoms with Crippen molar-refractivity contribution in [2.75, 3.05) is 34.4 Å². The maximum atomic E-state index is 11.6. The highest BCUT2D eigenvalue weighted by atomic mass is 16.5. The Morgan fingerprint density at radius 2 is 0.927 bits per heavy atom. The number of rotatable bonds is 31. The lowest BCUT2D eigenvalue weighted by Gasteiger charge is -2.09. The molecule has 5 nitrogen and oxygen atoms in total. The highest BCUT2D eigenvalue weighted by Crippen LogP contribution is 2.45. The van der Waals surface area contributed by atoms with Crippen LogP contribution >= 0.6 is 0 Å². The summed E-state index contributed by atoms with van der Waals surface area (Å²) in [5, 5.41) is 0. The second-order valence-corrected chi connectivity index (χ2v) is 13.2. The Labute approximate surface area is 255 Å². The van der Waals surface area contributed by atoms with Gasteiger partial charge in [-0.05, 0) is 58.2 Å². The molecule has 0 radical (unpaired) electrons. The molecule has 0 spiro atoms. The van der Waals surface area contributed by atoms with E-state index in [-0.39, 0.29) is 11.9 Å². The van der Waals surface area contributed by atoms with Gasteiger partial charge in [0.2, 0.25) is 0 Å². The fourth-order valence-electron chi connectivity index (χ4n) is 6.11. The van der Waals surface area contributed by atoms with E-state index in [1.54, 1.807) is 0 Å². The lowest BCUT2D eigenvalue weighted by Crippen LogP contribution is -2.15. The molecule has 1 rings (SSSR count). The van der Waals surface area contributed by atoms with Crippen LogP contribution in [0.2, 0.25) is 0 Å². The van der Waals surface area contributed by atoms with Gasteiger partial charge in [-0.2, -0.15) is 0 Å². The van der Waals surface area contributed by atoms with Gasteiger partial charge in [-0.1, -0.05) is 135 Å². The topological polar surface area (TPSA) is 55.8 Å². The first-order valence-electron chi connectivity index (χ1n) is 17.9. The van der Waals surface area contributed by atoms with Crippen molar-refractivity contribution in [3.05, 3.63) is 0 Å². The SMILES string of the molecule is COC(=O)CCCCCC1CC1CCCCCCCCCCCCCCCCCCCCOC(=O)CCCN(C)C. The van der Waals surface area contributed by atoms with Crippen LogP contribution in [0.25, 0.3) is 0 Å². The Hall–Kier alpha value is -1.10. The van der Waals surface area contributed by atoms with Gasteiger partial charge in [-0.3, -0.25) is 9.59 Å². The maximum absolute atomic E-state index is 11.6. The summed E-state index contributed by atoms with van der Waals surface area (Å²) in [5.41, 5.74) is 0. The molecule has 0 N–H and O–H groups in total. The van der Waals surface area contributed by atoms with Crippen LogP contribution in [0.15, 0.2) is 0 Å². The highest BCUT2D eigenvalue weighted by Gasteiger charge is 2.35. The molecule has 0 aromatic rings. The normalized spacial score (nSPS) is 16.3. The smallest absolute Gasteiger partial charge is 0.305 e. The Kier molecular flexibility index (Phi) is 25.6. The predicted molar refractivity (Wildman–Crippen MR) is 173 cm³/mol. The zero-order valence-electron chi connectivity index (χ0n) is 27.7. The van der Waals surface area contributed by atoms with E-state index >= 15 is 0 Å². The van der Waals surface area contributed by atoms with Crippen LogP contribution in [0.4, 0.5) is 0 Å². The molecule has 41 heavy (non-hydrogen) atoms. The number of methoxy groups -OCH3 is 1. The molecule has 1 fully saturated rings. The molecule has 0 saturated heterocycles. The van der Waals surface area contributed by atoms with Gasteiger partial charge in [-0.25, -0.2) is 0 Å². The molecule has 0 bridgehead atoms. The quantitative estimate of drug-likeness (QED) is 0.0604. The minimum absolute atomic E-state index is 0.0330. The molecule has 5 heteroatoms. The summed E-state index contributed by atoms with van der Waals surface area (Å²) in [7, 11) is 5.54. The lowest BCUT2D eigenvalue weighted by atomic mass is 10.0. The fraction of sp³-hybridized carbons (Fsp3) is 0.944. The summed E-state index contributed by atoms with van der Waals surface area (Å²) in [5.74, 6) is 1.93. The monoisotopic (exact) mass is 580 g/mol. The Morgan fingerprint density at radius 3 is 1.37 bits per heavy atom. The van der Waals surface area contributed by atoms with E-state index in [1.165, 1.54) is 148 Å². The van der Waals surface area contributed by atoms with Crippen molar-refractivity contribution < 1.29 is 19.1 Å². The predicted octanol–water partition coefficient (Wildman–Crippen LogP) is 10.0. The Bertz CT molecular complexity index is 608. The number of hydrogen-bond donors (Lipinski definition) is 0. The molecule has 0 amide bonds. The molecule has 1 aliphatic carbocycles. The van der Waals surface area contributed by atoms with Gasteiger partial charge in [0, 0.05) is 12.8 Å². The molecule has 0 aromatic carbocycles. The van der Waals surface area contributed by atoms with Crippen LogP contribution in [-0.2, 0) is 19.1 Å². The van der Waals surface area contributed by atoms with E-state index < -0.39 is 0 Å². The van der Waals surface area contributed by atoms with Crippen molar-refractivity contribution in [1.82, 2.24) is 4.90 Å². The van der Waals surface area contributed by atoms with Crippen LogP contribution in [0, 0.1) is 11.8 Å². The zero-order valence-corrected chi connectivity index (χ0v) is 27.7. The third kappa shape index (κ3) is 26.3. The number of esters is 2. The van der Waals surface area contributed by atoms with Crippen molar-refractivity contribution in [3.63, 3.8) is 0 Å². The van der Waals surface area contributed by atoms with Gasteiger partial charge in [0.25, 0.3) is 0 Å². The second-order valence-electron chi connectivity index (χ2n) is 13.2. The van der Waals surface area contributed by atoms with Gasteiger partial charge in [0.1, 0.15) is 0 Å². The first-order chi connectivity index (χ1) is 20.0. The lowest BCUT2D eigenvalue weighted by molar-refractivity contribution is -0.144. The molecule has 242 valence electrons. The van der Waals surface area contributed by atoms with Crippen molar-refractivity contribution in [1.29, 1.82) is 0 Å². The van der Waals surface area contributed by atoms with E-state index in [4.69, 9.17) is 9.47 Å². The fourth-order valence-corrected chi connectivity index (χ4v) is 6.11. The number of carbonyl (C=O) groups is 2. The van der Waals surface area contributed by atoms with E-state index in [1.807, 2.05) is 14.1 Å². The van der Waals surface area contributed by atoms with Crippen LogP contribution in [0.3, 0.4) is 0 Å². The van der Waals surface area contributed by atoms with Crippen molar-refractivity contribution in [2.24, 2.45) is 11.8 Å². The van der Waals surface area contributed by atoms with Crippen molar-refractivity contribution in [2.45, 2.75) is 173 Å². The zero-order chi connectivity index (χ0) is 29.8. The van der Waals surface area contributed by atoms with Gasteiger partial charge < -0.3 is 14.4 Å². The van der Waals surface area contributed by atoms with Crippen LogP contribution in [-0.4, -0.2) is 51.2 Å². The molecular weight excluding hydrogens is 510 g/mol. The maximum Gasteiger partial charge on any atom is 0.305 e. The summed E-state index contributed by atoms with van der Waals surface area (Å²) < 4.78 is 10.0. The van der Waals surface area contributed by atoms with Gasteiger partial charge >= 0.3 is 11.9 Å². The summed E-state index contributed by atoms with van der Waals surface area (Å²) in [4.78, 5) is 24.9. The molecule has 2 atom stereocenters. The van der Waals surface area contributed by atoms with Gasteiger partial charge in [0.15, 0.2) is 0 Å². The molecule has 1 saturated carbocycles. The first-order valence-corrected chi connectivity index (χ1v) is 17.9. The number of unbranched alkanes of at least 4 members (excludes halogenated alkanes) is 19. The molecule has 0 aliphatic heterocycles. The minimum Gasteiger partial charge on any atom is -0.469 e. The average molecular weight is 580 g/mol. The van der Waals surface area contributed by atoms with Crippen LogP contribution in [0.5, 0.6) is 0 Å². The van der Waals surface area contributed by atoms with E-state index in [0.717, 1.165) is 37.6 Å². The molecule has 0 aromatic heterocycles. The number of nitrogens with zero attached hydrogens (tertiary/aromatic N) is 1. The summed E-state index contributed by atoms with van der Waals surface area (Å²) >= 11 is 0. The van der Waals surface area contributed by atoms with Crippen molar-refractivity contribution >= 4 is 11.9 Å². The average Bonchev–Trinajstić information content (AvgIpc) is 3.71. The molecule has 0 heterocycles. The minimum atomic E-state index is -0.0599. The standard InChI is InChI=1S/C36H69NO4/c1-37(2)30-25-29-36(39)41-31-24-19-17-15-13-11-9-7-5-4-6-8-10-12-14-16-18-21-26-33-32-34(33)27-22-20-23-28-35(38)40-3/h33-34H,4-32H2,1-3H3. The van der Waals surface area contributed by atoms with Gasteiger partial charge in [-0.15, -0.1) is 0 Å². The van der Waals surface area contributed by atoms with Crippen LogP contribution in [0.1, 0.15) is 173 Å². The van der Waals surface area contributed by atoms with E-state index in [0.29, 0.717) is 19.4 Å². The third-order valence-electron chi connectivity index (χ3n) is 8.97.